The van der Waals surface area contributed by atoms with Crippen molar-refractivity contribution in [3.8, 4) is 0 Å². The average Bonchev–Trinajstić information content (AvgIpc) is 2.29. The number of aliphatic hydroxyl groups excluding tert-OH is 1. The first-order valence-electron chi connectivity index (χ1n) is 4.66. The molecule has 0 radical (unpaired) electrons. The Morgan fingerprint density at radius 2 is 1.94 bits per heavy atom. The fourth-order valence-corrected chi connectivity index (χ4v) is 1.27. The second-order valence-corrected chi connectivity index (χ2v) is 3.70. The number of carboxylic acid groups (broad SMARTS) is 1. The van der Waals surface area contributed by atoms with Crippen LogP contribution >= 0.6 is 11.6 Å². The Hall–Kier alpha value is -1.73. The van der Waals surface area contributed by atoms with Gasteiger partial charge < -0.3 is 15.5 Å². The summed E-state index contributed by atoms with van der Waals surface area (Å²) in [6.45, 7) is -0.876. The van der Waals surface area contributed by atoms with Crippen LogP contribution in [0.2, 0.25) is 5.02 Å². The average molecular weight is 280 g/mol. The van der Waals surface area contributed by atoms with Crippen molar-refractivity contribution in [3.63, 3.8) is 0 Å². The maximum absolute atomic E-state index is 13.3. The summed E-state index contributed by atoms with van der Waals surface area (Å²) in [6.07, 6.45) is 0. The Morgan fingerprint density at radius 3 is 2.44 bits per heavy atom. The molecule has 18 heavy (non-hydrogen) atoms. The quantitative estimate of drug-likeness (QED) is 0.711. The highest BCUT2D eigenvalue weighted by Crippen LogP contribution is 2.19. The van der Waals surface area contributed by atoms with Crippen molar-refractivity contribution in [2.75, 3.05) is 6.61 Å². The molecule has 1 rings (SSSR count). The summed E-state index contributed by atoms with van der Waals surface area (Å²) >= 11 is 5.29. The van der Waals surface area contributed by atoms with Crippen LogP contribution in [0.4, 0.5) is 8.78 Å². The predicted molar refractivity (Wildman–Crippen MR) is 57.3 cm³/mol. The molecule has 0 fully saturated rings. The molecule has 1 aromatic rings. The largest absolute Gasteiger partial charge is 0.480 e. The van der Waals surface area contributed by atoms with Crippen molar-refractivity contribution in [2.24, 2.45) is 0 Å². The molecule has 0 saturated carbocycles. The first-order valence-corrected chi connectivity index (χ1v) is 5.03. The molecule has 0 aromatic heterocycles. The highest BCUT2D eigenvalue weighted by atomic mass is 35.5. The van der Waals surface area contributed by atoms with Crippen molar-refractivity contribution in [2.45, 2.75) is 6.04 Å². The van der Waals surface area contributed by atoms with Gasteiger partial charge in [0.15, 0.2) is 6.04 Å². The van der Waals surface area contributed by atoms with E-state index in [0.717, 1.165) is 0 Å². The fourth-order valence-electron chi connectivity index (χ4n) is 1.12. The van der Waals surface area contributed by atoms with Crippen molar-refractivity contribution in [3.05, 3.63) is 34.4 Å². The molecule has 8 heteroatoms. The third-order valence-corrected chi connectivity index (χ3v) is 2.33. The van der Waals surface area contributed by atoms with Gasteiger partial charge in [-0.25, -0.2) is 13.6 Å². The van der Waals surface area contributed by atoms with E-state index in [2.05, 4.69) is 0 Å². The van der Waals surface area contributed by atoms with Gasteiger partial charge in [0, 0.05) is 0 Å². The number of hydrogen-bond donors (Lipinski definition) is 3. The number of hydrogen-bond acceptors (Lipinski definition) is 3. The van der Waals surface area contributed by atoms with Crippen LogP contribution in [0.25, 0.3) is 0 Å². The van der Waals surface area contributed by atoms with Gasteiger partial charge >= 0.3 is 5.97 Å². The number of carboxylic acids is 1. The van der Waals surface area contributed by atoms with E-state index in [1.807, 2.05) is 5.32 Å². The second-order valence-electron chi connectivity index (χ2n) is 3.29. The van der Waals surface area contributed by atoms with Crippen LogP contribution < -0.4 is 5.32 Å². The number of halogens is 3. The van der Waals surface area contributed by atoms with Crippen LogP contribution in [0.3, 0.4) is 0 Å². The molecule has 98 valence electrons. The standard InChI is InChI=1S/C10H8ClF2NO4/c11-5-2-6(12)4(1-7(5)13)9(16)14-8(3-15)10(17)18/h1-2,8,15H,3H2,(H,14,16)(H,17,18)/t8-/m0/s1. The Balaban J connectivity index is 2.97. The van der Waals surface area contributed by atoms with E-state index in [1.165, 1.54) is 0 Å². The molecule has 1 amide bonds. The highest BCUT2D eigenvalue weighted by molar-refractivity contribution is 6.30. The summed E-state index contributed by atoms with van der Waals surface area (Å²) in [5.74, 6) is -4.77. The van der Waals surface area contributed by atoms with Gasteiger partial charge in [-0.05, 0) is 12.1 Å². The smallest absolute Gasteiger partial charge is 0.328 e. The summed E-state index contributed by atoms with van der Waals surface area (Å²) in [5, 5.41) is 18.6. The minimum Gasteiger partial charge on any atom is -0.480 e. The van der Waals surface area contributed by atoms with E-state index >= 15 is 0 Å². The zero-order valence-electron chi connectivity index (χ0n) is 8.78. The van der Waals surface area contributed by atoms with E-state index in [4.69, 9.17) is 21.8 Å². The number of aliphatic hydroxyl groups is 1. The van der Waals surface area contributed by atoms with Gasteiger partial charge in [-0.15, -0.1) is 0 Å². The highest BCUT2D eigenvalue weighted by Gasteiger charge is 2.22. The van der Waals surface area contributed by atoms with Gasteiger partial charge in [-0.3, -0.25) is 4.79 Å². The molecule has 5 nitrogen and oxygen atoms in total. The van der Waals surface area contributed by atoms with E-state index in [-0.39, 0.29) is 0 Å². The summed E-state index contributed by atoms with van der Waals surface area (Å²) < 4.78 is 26.4. The van der Waals surface area contributed by atoms with Crippen LogP contribution in [0.15, 0.2) is 12.1 Å². The number of benzene rings is 1. The molecule has 0 spiro atoms. The molecule has 0 aliphatic rings. The molecule has 0 aliphatic heterocycles. The lowest BCUT2D eigenvalue weighted by atomic mass is 10.1. The van der Waals surface area contributed by atoms with Gasteiger partial charge in [-0.1, -0.05) is 11.6 Å². The molecule has 1 aromatic carbocycles. The second kappa shape index (κ2) is 5.74. The zero-order valence-corrected chi connectivity index (χ0v) is 9.54. The maximum Gasteiger partial charge on any atom is 0.328 e. The Kier molecular flexibility index (Phi) is 4.57. The fraction of sp³-hybridized carbons (Fsp3) is 0.200. The number of nitrogens with one attached hydrogen (secondary N) is 1. The number of amides is 1. The van der Waals surface area contributed by atoms with E-state index in [1.54, 1.807) is 0 Å². The first kappa shape index (κ1) is 14.3. The molecule has 0 heterocycles. The van der Waals surface area contributed by atoms with E-state index in [9.17, 15) is 18.4 Å². The van der Waals surface area contributed by atoms with E-state index < -0.39 is 46.7 Å². The third kappa shape index (κ3) is 3.14. The lowest BCUT2D eigenvalue weighted by molar-refractivity contribution is -0.140. The van der Waals surface area contributed by atoms with Crippen LogP contribution in [-0.4, -0.2) is 34.7 Å². The number of carbonyl (C=O) groups is 2. The maximum atomic E-state index is 13.3. The predicted octanol–water partition coefficient (Wildman–Crippen LogP) is 0.794. The molecule has 3 N–H and O–H groups in total. The van der Waals surface area contributed by atoms with E-state index in [0.29, 0.717) is 12.1 Å². The SMILES string of the molecule is O=C(N[C@@H](CO)C(=O)O)c1cc(F)c(Cl)cc1F. The van der Waals surface area contributed by atoms with Gasteiger partial charge in [0.05, 0.1) is 17.2 Å². The minimum atomic E-state index is -1.60. The molecule has 1 atom stereocenters. The molecule has 0 unspecified atom stereocenters. The van der Waals surface area contributed by atoms with Crippen LogP contribution in [0.1, 0.15) is 10.4 Å². The van der Waals surface area contributed by atoms with Crippen molar-refractivity contribution < 1.29 is 28.6 Å². The first-order chi connectivity index (χ1) is 8.36. The lowest BCUT2D eigenvalue weighted by Crippen LogP contribution is -2.43. The number of carbonyl (C=O) groups excluding carboxylic acids is 1. The van der Waals surface area contributed by atoms with Crippen LogP contribution in [0.5, 0.6) is 0 Å². The molecular weight excluding hydrogens is 272 g/mol. The Labute approximate surface area is 105 Å². The number of aliphatic carboxylic acids is 1. The van der Waals surface area contributed by atoms with Gasteiger partial charge in [-0.2, -0.15) is 0 Å². The van der Waals surface area contributed by atoms with Crippen LogP contribution in [-0.2, 0) is 4.79 Å². The van der Waals surface area contributed by atoms with Gasteiger partial charge in [0.25, 0.3) is 5.91 Å². The van der Waals surface area contributed by atoms with Crippen molar-refractivity contribution in [1.29, 1.82) is 0 Å². The Morgan fingerprint density at radius 1 is 1.33 bits per heavy atom. The zero-order chi connectivity index (χ0) is 13.9. The minimum absolute atomic E-state index is 0.499. The normalized spacial score (nSPS) is 12.0. The molecule has 0 aliphatic carbocycles. The molecular formula is C10H8ClF2NO4. The molecule has 0 saturated heterocycles. The van der Waals surface area contributed by atoms with Crippen LogP contribution in [0, 0.1) is 11.6 Å². The van der Waals surface area contributed by atoms with Crippen molar-refractivity contribution in [1.82, 2.24) is 5.32 Å². The summed E-state index contributed by atoms with van der Waals surface area (Å²) in [4.78, 5) is 22.0. The number of rotatable bonds is 4. The molecule has 0 bridgehead atoms. The summed E-state index contributed by atoms with van der Waals surface area (Å²) in [7, 11) is 0. The topological polar surface area (TPSA) is 86.6 Å². The van der Waals surface area contributed by atoms with Gasteiger partial charge in [0.2, 0.25) is 0 Å². The van der Waals surface area contributed by atoms with Gasteiger partial charge in [0.1, 0.15) is 11.6 Å². The van der Waals surface area contributed by atoms with Crippen molar-refractivity contribution >= 4 is 23.5 Å². The summed E-state index contributed by atoms with van der Waals surface area (Å²) in [6, 6.07) is -0.459. The summed E-state index contributed by atoms with van der Waals surface area (Å²) in [5.41, 5.74) is -0.698. The Bertz CT molecular complexity index is 495. The lowest BCUT2D eigenvalue weighted by Gasteiger charge is -2.12. The third-order valence-electron chi connectivity index (χ3n) is 2.04. The monoisotopic (exact) mass is 279 g/mol.